The van der Waals surface area contributed by atoms with Gasteiger partial charge in [-0.3, -0.25) is 0 Å². The van der Waals surface area contributed by atoms with Crippen LogP contribution in [0.3, 0.4) is 0 Å². The van der Waals surface area contributed by atoms with E-state index in [2.05, 4.69) is 32.7 Å². The number of nitrogens with zero attached hydrogens (tertiary/aromatic N) is 1. The third-order valence-corrected chi connectivity index (χ3v) is 4.08. The van der Waals surface area contributed by atoms with E-state index in [0.29, 0.717) is 0 Å². The monoisotopic (exact) mass is 255 g/mol. The Morgan fingerprint density at radius 2 is 1.50 bits per heavy atom. The van der Waals surface area contributed by atoms with Gasteiger partial charge in [0.05, 0.1) is 0 Å². The second-order valence-electron chi connectivity index (χ2n) is 6.05. The molecule has 0 aromatic carbocycles. The smallest absolute Gasteiger partial charge is 0.00219 e. The van der Waals surface area contributed by atoms with E-state index < -0.39 is 0 Å². The molecule has 1 saturated carbocycles. The first-order valence-corrected chi connectivity index (χ1v) is 8.39. The van der Waals surface area contributed by atoms with Gasteiger partial charge in [0.2, 0.25) is 0 Å². The molecule has 0 spiro atoms. The summed E-state index contributed by atoms with van der Waals surface area (Å²) in [6, 6.07) is 0. The van der Waals surface area contributed by atoms with Crippen molar-refractivity contribution in [3.63, 3.8) is 0 Å². The van der Waals surface area contributed by atoms with E-state index in [1.165, 1.54) is 77.3 Å². The summed E-state index contributed by atoms with van der Waals surface area (Å²) in [6.07, 6.45) is 14.4. The van der Waals surface area contributed by atoms with Crippen LogP contribution < -0.4 is 0 Å². The first kappa shape index (κ1) is 18.0. The molecule has 1 fully saturated rings. The average molecular weight is 255 g/mol. The lowest BCUT2D eigenvalue weighted by Gasteiger charge is -2.15. The van der Waals surface area contributed by atoms with Gasteiger partial charge in [-0.2, -0.15) is 0 Å². The van der Waals surface area contributed by atoms with Crippen LogP contribution in [0.5, 0.6) is 0 Å². The SMILES string of the molecule is CC1CCCCC1.CCCCCCCN(C)CC. The van der Waals surface area contributed by atoms with Crippen LogP contribution in [-0.4, -0.2) is 25.0 Å². The van der Waals surface area contributed by atoms with Crippen molar-refractivity contribution in [3.8, 4) is 0 Å². The molecule has 0 aromatic heterocycles. The molecule has 1 rings (SSSR count). The molecule has 1 aliphatic rings. The van der Waals surface area contributed by atoms with Crippen LogP contribution >= 0.6 is 0 Å². The second kappa shape index (κ2) is 13.4. The molecule has 18 heavy (non-hydrogen) atoms. The standard InChI is InChI=1S/C10H23N.C7H14/c1-4-6-7-8-9-10-11(3)5-2;1-7-5-3-2-4-6-7/h4-10H2,1-3H3;7H,2-6H2,1H3. The molecule has 0 atom stereocenters. The zero-order chi connectivity index (χ0) is 13.6. The minimum absolute atomic E-state index is 1.04. The predicted octanol–water partition coefficient (Wildman–Crippen LogP) is 5.50. The first-order valence-electron chi connectivity index (χ1n) is 8.39. The fourth-order valence-corrected chi connectivity index (χ4v) is 2.45. The summed E-state index contributed by atoms with van der Waals surface area (Å²) < 4.78 is 0. The van der Waals surface area contributed by atoms with Crippen molar-refractivity contribution < 1.29 is 0 Å². The van der Waals surface area contributed by atoms with Crippen molar-refractivity contribution in [2.45, 2.75) is 85.0 Å². The van der Waals surface area contributed by atoms with Crippen molar-refractivity contribution in [2.75, 3.05) is 20.1 Å². The number of hydrogen-bond acceptors (Lipinski definition) is 1. The van der Waals surface area contributed by atoms with E-state index in [-0.39, 0.29) is 0 Å². The summed E-state index contributed by atoms with van der Waals surface area (Å²) in [7, 11) is 2.19. The normalized spacial score (nSPS) is 16.5. The van der Waals surface area contributed by atoms with E-state index >= 15 is 0 Å². The lowest BCUT2D eigenvalue weighted by atomic mass is 9.91. The van der Waals surface area contributed by atoms with Crippen LogP contribution in [0.1, 0.15) is 85.0 Å². The van der Waals surface area contributed by atoms with Gasteiger partial charge >= 0.3 is 0 Å². The van der Waals surface area contributed by atoms with Gasteiger partial charge in [-0.1, -0.05) is 78.6 Å². The predicted molar refractivity (Wildman–Crippen MR) is 84.2 cm³/mol. The van der Waals surface area contributed by atoms with Crippen LogP contribution in [0.4, 0.5) is 0 Å². The highest BCUT2D eigenvalue weighted by Gasteiger charge is 2.05. The largest absolute Gasteiger partial charge is 0.307 e. The summed E-state index contributed by atoms with van der Waals surface area (Å²) >= 11 is 0. The van der Waals surface area contributed by atoms with Crippen LogP contribution in [0.15, 0.2) is 0 Å². The minimum atomic E-state index is 1.04. The van der Waals surface area contributed by atoms with Crippen LogP contribution in [-0.2, 0) is 0 Å². The van der Waals surface area contributed by atoms with Gasteiger partial charge in [0.1, 0.15) is 0 Å². The van der Waals surface area contributed by atoms with Crippen molar-refractivity contribution >= 4 is 0 Å². The Hall–Kier alpha value is -0.0400. The van der Waals surface area contributed by atoms with Crippen molar-refractivity contribution in [1.82, 2.24) is 4.90 Å². The maximum Gasteiger partial charge on any atom is -0.00219 e. The van der Waals surface area contributed by atoms with Crippen LogP contribution in [0.2, 0.25) is 0 Å². The third-order valence-electron chi connectivity index (χ3n) is 4.08. The summed E-state index contributed by atoms with van der Waals surface area (Å²) in [6.45, 7) is 9.30. The summed E-state index contributed by atoms with van der Waals surface area (Å²) in [5, 5.41) is 0. The molecule has 1 aliphatic carbocycles. The van der Waals surface area contributed by atoms with Gasteiger partial charge in [0, 0.05) is 0 Å². The van der Waals surface area contributed by atoms with E-state index in [9.17, 15) is 0 Å². The number of rotatable bonds is 7. The molecule has 0 aromatic rings. The molecule has 110 valence electrons. The Morgan fingerprint density at radius 1 is 0.889 bits per heavy atom. The Labute approximate surface area is 116 Å². The van der Waals surface area contributed by atoms with Crippen molar-refractivity contribution in [1.29, 1.82) is 0 Å². The topological polar surface area (TPSA) is 3.24 Å². The third kappa shape index (κ3) is 12.4. The van der Waals surface area contributed by atoms with Gasteiger partial charge in [-0.05, 0) is 32.5 Å². The highest BCUT2D eigenvalue weighted by atomic mass is 15.1. The highest BCUT2D eigenvalue weighted by molar-refractivity contribution is 4.59. The van der Waals surface area contributed by atoms with Gasteiger partial charge in [-0.15, -0.1) is 0 Å². The molecule has 1 heteroatoms. The second-order valence-corrected chi connectivity index (χ2v) is 6.05. The lowest BCUT2D eigenvalue weighted by molar-refractivity contribution is 0.341. The fraction of sp³-hybridized carbons (Fsp3) is 1.00. The van der Waals surface area contributed by atoms with Gasteiger partial charge in [0.25, 0.3) is 0 Å². The molecule has 0 N–H and O–H groups in total. The molecular weight excluding hydrogens is 218 g/mol. The van der Waals surface area contributed by atoms with Crippen LogP contribution in [0.25, 0.3) is 0 Å². The van der Waals surface area contributed by atoms with E-state index in [0.717, 1.165) is 5.92 Å². The fourth-order valence-electron chi connectivity index (χ4n) is 2.45. The maximum absolute atomic E-state index is 2.38. The zero-order valence-corrected chi connectivity index (χ0v) is 13.5. The van der Waals surface area contributed by atoms with Gasteiger partial charge in [-0.25, -0.2) is 0 Å². The molecule has 0 heterocycles. The van der Waals surface area contributed by atoms with Crippen molar-refractivity contribution in [2.24, 2.45) is 5.92 Å². The van der Waals surface area contributed by atoms with E-state index in [4.69, 9.17) is 0 Å². The van der Waals surface area contributed by atoms with Crippen molar-refractivity contribution in [3.05, 3.63) is 0 Å². The zero-order valence-electron chi connectivity index (χ0n) is 13.5. The van der Waals surface area contributed by atoms with Crippen LogP contribution in [0, 0.1) is 5.92 Å². The minimum Gasteiger partial charge on any atom is -0.307 e. The molecule has 0 radical (unpaired) electrons. The quantitative estimate of drug-likeness (QED) is 0.543. The summed E-state index contributed by atoms with van der Waals surface area (Å²) in [5.74, 6) is 1.04. The van der Waals surface area contributed by atoms with Gasteiger partial charge < -0.3 is 4.90 Å². The van der Waals surface area contributed by atoms with E-state index in [1.807, 2.05) is 0 Å². The molecule has 0 saturated heterocycles. The summed E-state index contributed by atoms with van der Waals surface area (Å²) in [5.41, 5.74) is 0. The number of hydrogen-bond donors (Lipinski definition) is 0. The molecular formula is C17H37N. The van der Waals surface area contributed by atoms with Gasteiger partial charge in [0.15, 0.2) is 0 Å². The maximum atomic E-state index is 2.38. The van der Waals surface area contributed by atoms with E-state index in [1.54, 1.807) is 0 Å². The number of unbranched alkanes of at least 4 members (excludes halogenated alkanes) is 4. The molecule has 0 unspecified atom stereocenters. The Balaban J connectivity index is 0.000000351. The molecule has 1 nitrogen and oxygen atoms in total. The molecule has 0 aliphatic heterocycles. The molecule has 0 amide bonds. The summed E-state index contributed by atoms with van der Waals surface area (Å²) in [4.78, 5) is 2.38. The highest BCUT2D eigenvalue weighted by Crippen LogP contribution is 2.22. The molecule has 0 bridgehead atoms. The Kier molecular flexibility index (Phi) is 13.4. The average Bonchev–Trinajstić information content (AvgIpc) is 2.40. The Bertz CT molecular complexity index is 150. The first-order chi connectivity index (χ1) is 8.70. The lowest BCUT2D eigenvalue weighted by Crippen LogP contribution is -2.18. The Morgan fingerprint density at radius 3 is 1.94 bits per heavy atom.